The summed E-state index contributed by atoms with van der Waals surface area (Å²) in [5.74, 6) is -0.277. The number of halogens is 1. The first kappa shape index (κ1) is 15.6. The number of nitrogens with one attached hydrogen (secondary N) is 1. The molecule has 1 fully saturated rings. The molecular weight excluding hydrogens is 343 g/mol. The third kappa shape index (κ3) is 2.83. The molecule has 1 aliphatic rings. The Kier molecular flexibility index (Phi) is 3.65. The van der Waals surface area contributed by atoms with Gasteiger partial charge in [0.2, 0.25) is 0 Å². The van der Waals surface area contributed by atoms with E-state index < -0.39 is 11.1 Å². The Morgan fingerprint density at radius 3 is 2.80 bits per heavy atom. The highest BCUT2D eigenvalue weighted by Gasteiger charge is 2.25. The number of imide groups is 1. The number of carbonyl (C=O) groups excluding carboxylic acids is 2. The summed E-state index contributed by atoms with van der Waals surface area (Å²) in [7, 11) is 0. The summed E-state index contributed by atoms with van der Waals surface area (Å²) in [6.45, 7) is 1.69. The van der Waals surface area contributed by atoms with Crippen LogP contribution in [0.4, 0.5) is 9.18 Å². The number of furan rings is 1. The standard InChI is InChI=1S/C18H11FN2O3S/c1-9-4-10(2-3-14(9)19)13-8-20-7-11-5-12(24-16(11)13)6-15-17(22)21-18(23)25-15/h2-8H,1H3,(H,21,22,23)/b15-6-. The minimum Gasteiger partial charge on any atom is -0.456 e. The molecule has 2 amide bonds. The highest BCUT2D eigenvalue weighted by molar-refractivity contribution is 8.18. The van der Waals surface area contributed by atoms with Crippen LogP contribution in [0.25, 0.3) is 28.2 Å². The van der Waals surface area contributed by atoms with Gasteiger partial charge in [-0.3, -0.25) is 19.9 Å². The van der Waals surface area contributed by atoms with Gasteiger partial charge in [-0.25, -0.2) is 4.39 Å². The normalized spacial score (nSPS) is 16.0. The van der Waals surface area contributed by atoms with Crippen LogP contribution >= 0.6 is 11.8 Å². The van der Waals surface area contributed by atoms with Gasteiger partial charge >= 0.3 is 0 Å². The van der Waals surface area contributed by atoms with Gasteiger partial charge in [0, 0.05) is 29.4 Å². The lowest BCUT2D eigenvalue weighted by atomic mass is 10.0. The summed E-state index contributed by atoms with van der Waals surface area (Å²) < 4.78 is 19.4. The van der Waals surface area contributed by atoms with Gasteiger partial charge in [0.15, 0.2) is 0 Å². The van der Waals surface area contributed by atoms with Crippen LogP contribution in [0.1, 0.15) is 11.3 Å². The maximum Gasteiger partial charge on any atom is 0.290 e. The lowest BCUT2D eigenvalue weighted by Crippen LogP contribution is -2.17. The second-order valence-corrected chi connectivity index (χ2v) is 6.59. The van der Waals surface area contributed by atoms with E-state index in [1.54, 1.807) is 37.5 Å². The Balaban J connectivity index is 1.81. The number of pyridine rings is 1. The topological polar surface area (TPSA) is 72.2 Å². The number of aromatic nitrogens is 1. The predicted octanol–water partition coefficient (Wildman–Crippen LogP) is 4.27. The predicted molar refractivity (Wildman–Crippen MR) is 93.2 cm³/mol. The van der Waals surface area contributed by atoms with E-state index in [1.165, 1.54) is 12.1 Å². The average Bonchev–Trinajstić information content (AvgIpc) is 3.12. The van der Waals surface area contributed by atoms with Gasteiger partial charge in [-0.2, -0.15) is 0 Å². The molecule has 0 saturated carbocycles. The molecule has 4 rings (SSSR count). The minimum atomic E-state index is -0.442. The fraction of sp³-hybridized carbons (Fsp3) is 0.0556. The number of hydrogen-bond donors (Lipinski definition) is 1. The second-order valence-electron chi connectivity index (χ2n) is 5.57. The first-order valence-electron chi connectivity index (χ1n) is 7.40. The first-order chi connectivity index (χ1) is 12.0. The molecule has 0 aliphatic carbocycles. The van der Waals surface area contributed by atoms with E-state index in [0.29, 0.717) is 16.9 Å². The third-order valence-electron chi connectivity index (χ3n) is 3.83. The highest BCUT2D eigenvalue weighted by Crippen LogP contribution is 2.33. The Morgan fingerprint density at radius 2 is 2.08 bits per heavy atom. The van der Waals surface area contributed by atoms with Crippen molar-refractivity contribution in [2.75, 3.05) is 0 Å². The van der Waals surface area contributed by atoms with Crippen molar-refractivity contribution in [3.05, 3.63) is 58.7 Å². The molecule has 0 atom stereocenters. The number of hydrogen-bond acceptors (Lipinski definition) is 5. The molecule has 0 unspecified atom stereocenters. The molecule has 25 heavy (non-hydrogen) atoms. The molecule has 124 valence electrons. The SMILES string of the molecule is Cc1cc(-c2cncc3cc(/C=C4\SC(=O)NC4=O)oc23)ccc1F. The van der Waals surface area contributed by atoms with E-state index in [1.807, 2.05) is 0 Å². The van der Waals surface area contributed by atoms with Crippen molar-refractivity contribution in [2.24, 2.45) is 0 Å². The van der Waals surface area contributed by atoms with Crippen molar-refractivity contribution in [1.82, 2.24) is 10.3 Å². The molecule has 1 N–H and O–H groups in total. The quantitative estimate of drug-likeness (QED) is 0.696. The van der Waals surface area contributed by atoms with E-state index in [9.17, 15) is 14.0 Å². The van der Waals surface area contributed by atoms with E-state index in [2.05, 4.69) is 10.3 Å². The molecule has 7 heteroatoms. The summed E-state index contributed by atoms with van der Waals surface area (Å²) in [6, 6.07) is 6.54. The van der Waals surface area contributed by atoms with Crippen LogP contribution in [-0.2, 0) is 4.79 Å². The van der Waals surface area contributed by atoms with Crippen LogP contribution in [0.15, 0.2) is 46.0 Å². The molecule has 1 aliphatic heterocycles. The fourth-order valence-corrected chi connectivity index (χ4v) is 3.28. The Bertz CT molecular complexity index is 1070. The van der Waals surface area contributed by atoms with Gasteiger partial charge < -0.3 is 4.42 Å². The van der Waals surface area contributed by atoms with Crippen molar-refractivity contribution < 1.29 is 18.4 Å². The lowest BCUT2D eigenvalue weighted by molar-refractivity contribution is -0.115. The zero-order valence-electron chi connectivity index (χ0n) is 13.0. The number of rotatable bonds is 2. The van der Waals surface area contributed by atoms with Crippen LogP contribution in [-0.4, -0.2) is 16.1 Å². The van der Waals surface area contributed by atoms with Crippen LogP contribution in [0, 0.1) is 12.7 Å². The van der Waals surface area contributed by atoms with Crippen molar-refractivity contribution in [3.63, 3.8) is 0 Å². The number of amides is 2. The molecular formula is C18H11FN2O3S. The monoisotopic (exact) mass is 354 g/mol. The van der Waals surface area contributed by atoms with E-state index in [4.69, 9.17) is 4.42 Å². The largest absolute Gasteiger partial charge is 0.456 e. The molecule has 3 heterocycles. The van der Waals surface area contributed by atoms with E-state index >= 15 is 0 Å². The Morgan fingerprint density at radius 1 is 1.24 bits per heavy atom. The minimum absolute atomic E-state index is 0.274. The summed E-state index contributed by atoms with van der Waals surface area (Å²) >= 11 is 0.827. The third-order valence-corrected chi connectivity index (χ3v) is 4.64. The lowest BCUT2D eigenvalue weighted by Gasteiger charge is -2.04. The Labute approximate surface area is 145 Å². The number of thioether (sulfide) groups is 1. The number of nitrogens with zero attached hydrogens (tertiary/aromatic N) is 1. The smallest absolute Gasteiger partial charge is 0.290 e. The number of fused-ring (bicyclic) bond motifs is 1. The van der Waals surface area contributed by atoms with Gasteiger partial charge in [0.05, 0.1) is 4.91 Å². The molecule has 0 bridgehead atoms. The maximum atomic E-state index is 13.5. The summed E-state index contributed by atoms with van der Waals surface area (Å²) in [5.41, 5.74) is 2.63. The van der Waals surface area contributed by atoms with Gasteiger partial charge in [-0.15, -0.1) is 0 Å². The van der Waals surface area contributed by atoms with Gasteiger partial charge in [0.1, 0.15) is 17.2 Å². The van der Waals surface area contributed by atoms with Crippen molar-refractivity contribution in [2.45, 2.75) is 6.92 Å². The zero-order valence-corrected chi connectivity index (χ0v) is 13.8. The van der Waals surface area contributed by atoms with Crippen LogP contribution in [0.2, 0.25) is 0 Å². The summed E-state index contributed by atoms with van der Waals surface area (Å²) in [4.78, 5) is 27.4. The van der Waals surface area contributed by atoms with Crippen molar-refractivity contribution in [1.29, 1.82) is 0 Å². The van der Waals surface area contributed by atoms with E-state index in [-0.39, 0.29) is 10.7 Å². The van der Waals surface area contributed by atoms with Gasteiger partial charge in [-0.1, -0.05) is 6.07 Å². The van der Waals surface area contributed by atoms with Crippen LogP contribution < -0.4 is 5.32 Å². The highest BCUT2D eigenvalue weighted by atomic mass is 32.2. The molecule has 0 spiro atoms. The zero-order chi connectivity index (χ0) is 17.6. The number of aryl methyl sites for hydroxylation is 1. The van der Waals surface area contributed by atoms with E-state index in [0.717, 1.165) is 28.3 Å². The first-order valence-corrected chi connectivity index (χ1v) is 8.22. The van der Waals surface area contributed by atoms with Gasteiger partial charge in [0.25, 0.3) is 11.1 Å². The number of carbonyl (C=O) groups is 2. The Hall–Kier alpha value is -2.93. The molecule has 1 saturated heterocycles. The average molecular weight is 354 g/mol. The fourth-order valence-electron chi connectivity index (χ4n) is 2.62. The van der Waals surface area contributed by atoms with Crippen LogP contribution in [0.5, 0.6) is 0 Å². The van der Waals surface area contributed by atoms with Crippen molar-refractivity contribution in [3.8, 4) is 11.1 Å². The molecule has 2 aromatic heterocycles. The van der Waals surface area contributed by atoms with Gasteiger partial charge in [-0.05, 0) is 48.0 Å². The maximum absolute atomic E-state index is 13.5. The summed E-state index contributed by atoms with van der Waals surface area (Å²) in [6.07, 6.45) is 4.81. The van der Waals surface area contributed by atoms with Crippen molar-refractivity contribution >= 4 is 40.0 Å². The molecule has 3 aromatic rings. The molecule has 1 aromatic carbocycles. The molecule has 5 nitrogen and oxygen atoms in total. The molecule has 0 radical (unpaired) electrons. The second kappa shape index (κ2) is 5.86. The van der Waals surface area contributed by atoms with Crippen LogP contribution in [0.3, 0.4) is 0 Å². The number of benzene rings is 1. The summed E-state index contributed by atoms with van der Waals surface area (Å²) in [5, 5.41) is 2.54.